The van der Waals surface area contributed by atoms with Gasteiger partial charge in [-0.05, 0) is 55.4 Å². The van der Waals surface area contributed by atoms with E-state index in [9.17, 15) is 9.59 Å². The lowest BCUT2D eigenvalue weighted by molar-refractivity contribution is 0.0571. The van der Waals surface area contributed by atoms with Crippen LogP contribution in [-0.2, 0) is 6.42 Å². The summed E-state index contributed by atoms with van der Waals surface area (Å²) in [5.74, 6) is 0.512. The SMILES string of the molecule is CCC1(CCc2n[nH]c(=O)c3ccccc23)CC(NC(=O)c2ccc3nc(C)oc3c2)C1. The molecule has 7 nitrogen and oxygen atoms in total. The number of hydrogen-bond acceptors (Lipinski definition) is 5. The number of nitrogens with one attached hydrogen (secondary N) is 2. The molecule has 5 rings (SSSR count). The van der Waals surface area contributed by atoms with E-state index in [0.29, 0.717) is 22.4 Å². The normalized spacial score (nSPS) is 20.4. The summed E-state index contributed by atoms with van der Waals surface area (Å²) in [5, 5.41) is 11.7. The predicted octanol–water partition coefficient (Wildman–Crippen LogP) is 4.29. The topological polar surface area (TPSA) is 101 Å². The number of hydrogen-bond donors (Lipinski definition) is 2. The van der Waals surface area contributed by atoms with Gasteiger partial charge >= 0.3 is 0 Å². The third kappa shape index (κ3) is 3.68. The number of aromatic nitrogens is 3. The molecule has 1 saturated carbocycles. The molecule has 1 aliphatic rings. The number of carbonyl (C=O) groups excluding carboxylic acids is 1. The fourth-order valence-corrected chi connectivity index (χ4v) is 4.95. The first kappa shape index (κ1) is 20.4. The first-order valence-electron chi connectivity index (χ1n) is 11.1. The Labute approximate surface area is 185 Å². The largest absolute Gasteiger partial charge is 0.441 e. The van der Waals surface area contributed by atoms with Gasteiger partial charge in [-0.2, -0.15) is 5.10 Å². The number of amides is 1. The minimum absolute atomic E-state index is 0.0797. The molecular weight excluding hydrogens is 404 g/mol. The summed E-state index contributed by atoms with van der Waals surface area (Å²) in [6.07, 6.45) is 4.71. The first-order valence-corrected chi connectivity index (χ1v) is 11.1. The minimum atomic E-state index is -0.153. The molecule has 2 N–H and O–H groups in total. The van der Waals surface area contributed by atoms with Crippen LogP contribution in [0.2, 0.25) is 0 Å². The molecule has 0 radical (unpaired) electrons. The lowest BCUT2D eigenvalue weighted by Crippen LogP contribution is -2.50. The molecule has 1 amide bonds. The van der Waals surface area contributed by atoms with Gasteiger partial charge in [0.15, 0.2) is 11.5 Å². The summed E-state index contributed by atoms with van der Waals surface area (Å²) in [6, 6.07) is 13.1. The zero-order valence-electron chi connectivity index (χ0n) is 18.3. The molecule has 2 heterocycles. The molecule has 0 unspecified atom stereocenters. The van der Waals surface area contributed by atoms with Crippen molar-refractivity contribution in [3.05, 3.63) is 70.0 Å². The van der Waals surface area contributed by atoms with E-state index in [1.165, 1.54) is 0 Å². The van der Waals surface area contributed by atoms with Crippen molar-refractivity contribution in [2.45, 2.75) is 52.0 Å². The molecule has 32 heavy (non-hydrogen) atoms. The predicted molar refractivity (Wildman–Crippen MR) is 123 cm³/mol. The van der Waals surface area contributed by atoms with E-state index in [1.54, 1.807) is 19.1 Å². The maximum absolute atomic E-state index is 12.7. The van der Waals surface area contributed by atoms with Crippen molar-refractivity contribution in [2.75, 3.05) is 0 Å². The van der Waals surface area contributed by atoms with Gasteiger partial charge in [0.05, 0.1) is 11.1 Å². The Morgan fingerprint density at radius 1 is 1.22 bits per heavy atom. The summed E-state index contributed by atoms with van der Waals surface area (Å²) in [6.45, 7) is 4.00. The summed E-state index contributed by atoms with van der Waals surface area (Å²) in [5.41, 5.74) is 2.94. The van der Waals surface area contributed by atoms with Gasteiger partial charge in [-0.25, -0.2) is 10.1 Å². The second kappa shape index (κ2) is 7.89. The Hall–Kier alpha value is -3.48. The molecule has 4 aromatic rings. The van der Waals surface area contributed by atoms with Crippen molar-refractivity contribution < 1.29 is 9.21 Å². The van der Waals surface area contributed by atoms with Gasteiger partial charge in [0, 0.05) is 23.9 Å². The van der Waals surface area contributed by atoms with E-state index >= 15 is 0 Å². The number of oxazole rings is 1. The van der Waals surface area contributed by atoms with Crippen LogP contribution in [0.4, 0.5) is 0 Å². The van der Waals surface area contributed by atoms with Gasteiger partial charge in [0.1, 0.15) is 5.52 Å². The molecule has 1 fully saturated rings. The Balaban J connectivity index is 1.23. The Kier molecular flexibility index (Phi) is 5.04. The van der Waals surface area contributed by atoms with Crippen LogP contribution in [0.1, 0.15) is 54.5 Å². The number of fused-ring (bicyclic) bond motifs is 2. The number of H-pyrrole nitrogens is 1. The van der Waals surface area contributed by atoms with Gasteiger partial charge < -0.3 is 9.73 Å². The number of nitrogens with zero attached hydrogens (tertiary/aromatic N) is 2. The van der Waals surface area contributed by atoms with E-state index in [-0.39, 0.29) is 22.9 Å². The molecule has 164 valence electrons. The van der Waals surface area contributed by atoms with Crippen molar-refractivity contribution in [1.29, 1.82) is 0 Å². The van der Waals surface area contributed by atoms with Crippen LogP contribution in [0.3, 0.4) is 0 Å². The average Bonchev–Trinajstić information content (AvgIpc) is 3.15. The lowest BCUT2D eigenvalue weighted by atomic mass is 9.61. The van der Waals surface area contributed by atoms with E-state index in [4.69, 9.17) is 4.42 Å². The Morgan fingerprint density at radius 2 is 2.00 bits per heavy atom. The molecule has 1 aliphatic carbocycles. The highest BCUT2D eigenvalue weighted by Gasteiger charge is 2.43. The molecule has 2 aromatic heterocycles. The summed E-state index contributed by atoms with van der Waals surface area (Å²) in [7, 11) is 0. The highest BCUT2D eigenvalue weighted by atomic mass is 16.3. The first-order chi connectivity index (χ1) is 15.5. The minimum Gasteiger partial charge on any atom is -0.441 e. The molecular formula is C25H26N4O3. The van der Waals surface area contributed by atoms with Crippen LogP contribution >= 0.6 is 0 Å². The van der Waals surface area contributed by atoms with Gasteiger partial charge in [-0.3, -0.25) is 9.59 Å². The third-order valence-electron chi connectivity index (χ3n) is 6.87. The fraction of sp³-hybridized carbons (Fsp3) is 0.360. The molecule has 0 spiro atoms. The quantitative estimate of drug-likeness (QED) is 0.475. The van der Waals surface area contributed by atoms with E-state index in [0.717, 1.165) is 48.7 Å². The molecule has 0 atom stereocenters. The van der Waals surface area contributed by atoms with Gasteiger partial charge in [0.2, 0.25) is 0 Å². The zero-order chi connectivity index (χ0) is 22.3. The molecule has 0 saturated heterocycles. The highest BCUT2D eigenvalue weighted by molar-refractivity contribution is 5.97. The number of benzene rings is 2. The number of aromatic amines is 1. The van der Waals surface area contributed by atoms with Gasteiger partial charge in [-0.1, -0.05) is 31.5 Å². The summed E-state index contributed by atoms with van der Waals surface area (Å²) >= 11 is 0. The smallest absolute Gasteiger partial charge is 0.272 e. The maximum atomic E-state index is 12.7. The van der Waals surface area contributed by atoms with Gasteiger partial charge in [-0.15, -0.1) is 0 Å². The number of rotatable bonds is 6. The van der Waals surface area contributed by atoms with Crippen LogP contribution in [0.15, 0.2) is 51.7 Å². The van der Waals surface area contributed by atoms with Crippen molar-refractivity contribution >= 4 is 27.8 Å². The van der Waals surface area contributed by atoms with Crippen molar-refractivity contribution in [3.63, 3.8) is 0 Å². The molecule has 0 aliphatic heterocycles. The van der Waals surface area contributed by atoms with Crippen LogP contribution in [0.5, 0.6) is 0 Å². The van der Waals surface area contributed by atoms with Crippen LogP contribution in [0.25, 0.3) is 21.9 Å². The van der Waals surface area contributed by atoms with E-state index < -0.39 is 0 Å². The third-order valence-corrected chi connectivity index (χ3v) is 6.87. The molecule has 2 aromatic carbocycles. The maximum Gasteiger partial charge on any atom is 0.272 e. The summed E-state index contributed by atoms with van der Waals surface area (Å²) < 4.78 is 5.55. The molecule has 7 heteroatoms. The zero-order valence-corrected chi connectivity index (χ0v) is 18.3. The van der Waals surface area contributed by atoms with Crippen LogP contribution in [-0.4, -0.2) is 27.1 Å². The highest BCUT2D eigenvalue weighted by Crippen LogP contribution is 2.47. The Bertz CT molecular complexity index is 1360. The second-order valence-electron chi connectivity index (χ2n) is 8.89. The fourth-order valence-electron chi connectivity index (χ4n) is 4.95. The van der Waals surface area contributed by atoms with E-state index in [1.807, 2.05) is 30.3 Å². The number of aryl methyl sites for hydroxylation is 2. The van der Waals surface area contributed by atoms with Crippen molar-refractivity contribution in [3.8, 4) is 0 Å². The Morgan fingerprint density at radius 3 is 2.78 bits per heavy atom. The monoisotopic (exact) mass is 430 g/mol. The van der Waals surface area contributed by atoms with Crippen LogP contribution in [0, 0.1) is 12.3 Å². The average molecular weight is 431 g/mol. The van der Waals surface area contributed by atoms with E-state index in [2.05, 4.69) is 27.4 Å². The number of carbonyl (C=O) groups is 1. The van der Waals surface area contributed by atoms with Crippen molar-refractivity contribution in [1.82, 2.24) is 20.5 Å². The summed E-state index contributed by atoms with van der Waals surface area (Å²) in [4.78, 5) is 29.0. The second-order valence-corrected chi connectivity index (χ2v) is 8.89. The lowest BCUT2D eigenvalue weighted by Gasteiger charge is -2.48. The molecule has 0 bridgehead atoms. The van der Waals surface area contributed by atoms with Crippen LogP contribution < -0.4 is 10.9 Å². The van der Waals surface area contributed by atoms with Gasteiger partial charge in [0.25, 0.3) is 11.5 Å². The standard InChI is InChI=1S/C25H26N4O3/c1-3-25(11-10-20-18-6-4-5-7-19(18)24(31)29-28-20)13-17(14-25)27-23(30)16-8-9-21-22(12-16)32-15(2)26-21/h4-9,12,17H,3,10-11,13-14H2,1-2H3,(H,27,30)(H,29,31). The van der Waals surface area contributed by atoms with Crippen molar-refractivity contribution in [2.24, 2.45) is 5.41 Å².